The molecule has 0 heterocycles. The molecular weight excluding hydrogens is 157 g/mol. The summed E-state index contributed by atoms with van der Waals surface area (Å²) in [5.41, 5.74) is 5.03. The van der Waals surface area contributed by atoms with E-state index in [1.54, 1.807) is 0 Å². The maximum Gasteiger partial charge on any atom is 0.395 e. The van der Waals surface area contributed by atoms with Crippen molar-refractivity contribution in [2.45, 2.75) is 31.5 Å². The van der Waals surface area contributed by atoms with Gasteiger partial charge < -0.3 is 5.73 Å². The minimum Gasteiger partial charge on any atom is -0.387 e. The fraction of sp³-hybridized carbons (Fsp3) is 0.833. The van der Waals surface area contributed by atoms with Crippen LogP contribution in [0.5, 0.6) is 0 Å². The van der Waals surface area contributed by atoms with Crippen molar-refractivity contribution < 1.29 is 13.2 Å². The van der Waals surface area contributed by atoms with Crippen LogP contribution in [0.25, 0.3) is 0 Å². The van der Waals surface area contributed by atoms with Crippen molar-refractivity contribution in [2.24, 2.45) is 10.7 Å². The Kier molecular flexibility index (Phi) is 2.06. The van der Waals surface area contributed by atoms with Crippen LogP contribution in [0.3, 0.4) is 0 Å². The van der Waals surface area contributed by atoms with Gasteiger partial charge in [0.2, 0.25) is 0 Å². The van der Waals surface area contributed by atoms with Gasteiger partial charge in [0.05, 0.1) is 6.04 Å². The predicted octanol–water partition coefficient (Wildman–Crippen LogP) is 1.46. The highest BCUT2D eigenvalue weighted by molar-refractivity contribution is 5.81. The van der Waals surface area contributed by atoms with Crippen LogP contribution in [0.4, 0.5) is 13.2 Å². The van der Waals surface area contributed by atoms with Gasteiger partial charge in [-0.15, -0.1) is 0 Å². The van der Waals surface area contributed by atoms with Gasteiger partial charge in [-0.3, -0.25) is 4.99 Å². The second-order valence-electron chi connectivity index (χ2n) is 2.64. The molecule has 0 saturated heterocycles. The van der Waals surface area contributed by atoms with Crippen molar-refractivity contribution in [3.05, 3.63) is 0 Å². The van der Waals surface area contributed by atoms with Crippen molar-refractivity contribution >= 4 is 5.84 Å². The van der Waals surface area contributed by atoms with Gasteiger partial charge in [-0.2, -0.15) is 13.2 Å². The maximum absolute atomic E-state index is 11.6. The second-order valence-corrected chi connectivity index (χ2v) is 2.64. The van der Waals surface area contributed by atoms with Crippen molar-refractivity contribution in [2.75, 3.05) is 0 Å². The summed E-state index contributed by atoms with van der Waals surface area (Å²) < 4.78 is 34.8. The predicted molar refractivity (Wildman–Crippen MR) is 35.3 cm³/mol. The van der Waals surface area contributed by atoms with Gasteiger partial charge in [-0.1, -0.05) is 0 Å². The van der Waals surface area contributed by atoms with Gasteiger partial charge in [0.1, 0.15) is 12.3 Å². The lowest BCUT2D eigenvalue weighted by molar-refractivity contribution is -0.121. The highest BCUT2D eigenvalue weighted by atomic mass is 19.4. The largest absolute Gasteiger partial charge is 0.395 e. The van der Waals surface area contributed by atoms with Crippen LogP contribution < -0.4 is 5.73 Å². The molecule has 1 saturated carbocycles. The fourth-order valence-electron chi connectivity index (χ4n) is 0.689. The van der Waals surface area contributed by atoms with Crippen molar-refractivity contribution in [3.8, 4) is 0 Å². The summed E-state index contributed by atoms with van der Waals surface area (Å²) in [6.45, 7) is 0. The summed E-state index contributed by atoms with van der Waals surface area (Å²) in [6.07, 6.45) is -3.55. The Morgan fingerprint density at radius 2 is 2.00 bits per heavy atom. The molecule has 0 aromatic carbocycles. The number of nitrogens with zero attached hydrogens (tertiary/aromatic N) is 1. The van der Waals surface area contributed by atoms with E-state index >= 15 is 0 Å². The third-order valence-corrected chi connectivity index (χ3v) is 1.28. The Bertz CT molecular complexity index is 169. The molecule has 0 radical (unpaired) electrons. The average Bonchev–Trinajstić information content (AvgIpc) is 2.42. The van der Waals surface area contributed by atoms with Crippen LogP contribution in [0.2, 0.25) is 0 Å². The van der Waals surface area contributed by atoms with Crippen LogP contribution in [0.1, 0.15) is 19.3 Å². The number of hydrogen-bond acceptors (Lipinski definition) is 1. The molecule has 2 N–H and O–H groups in total. The number of nitrogens with two attached hydrogens (primary N) is 1. The Morgan fingerprint density at radius 3 is 2.36 bits per heavy atom. The molecule has 0 bridgehead atoms. The minimum atomic E-state index is -4.22. The number of hydrogen-bond donors (Lipinski definition) is 1. The molecule has 64 valence electrons. The summed E-state index contributed by atoms with van der Waals surface area (Å²) in [5.74, 6) is -0.292. The van der Waals surface area contributed by atoms with E-state index in [0.29, 0.717) is 0 Å². The Morgan fingerprint density at radius 1 is 1.45 bits per heavy atom. The molecule has 0 amide bonds. The molecule has 0 aliphatic heterocycles. The quantitative estimate of drug-likeness (QED) is 0.489. The van der Waals surface area contributed by atoms with Gasteiger partial charge in [0, 0.05) is 0 Å². The van der Waals surface area contributed by atoms with E-state index < -0.39 is 12.6 Å². The van der Waals surface area contributed by atoms with Crippen LogP contribution >= 0.6 is 0 Å². The van der Waals surface area contributed by atoms with E-state index in [0.717, 1.165) is 12.8 Å². The second kappa shape index (κ2) is 2.71. The molecule has 1 aliphatic rings. The SMILES string of the molecule is NC(CC(F)(F)F)=NC1CC1. The highest BCUT2D eigenvalue weighted by Crippen LogP contribution is 2.25. The smallest absolute Gasteiger partial charge is 0.387 e. The third-order valence-electron chi connectivity index (χ3n) is 1.28. The minimum absolute atomic E-state index is 0.0670. The monoisotopic (exact) mass is 166 g/mol. The molecular formula is C6H9F3N2. The first-order chi connectivity index (χ1) is 4.97. The number of rotatable bonds is 2. The van der Waals surface area contributed by atoms with Gasteiger partial charge in [-0.05, 0) is 12.8 Å². The van der Waals surface area contributed by atoms with Gasteiger partial charge >= 0.3 is 6.18 Å². The zero-order valence-corrected chi connectivity index (χ0v) is 5.86. The standard InChI is InChI=1S/C6H9F3N2/c7-6(8,9)3-5(10)11-4-1-2-4/h4H,1-3H2,(H2,10,11). The van der Waals surface area contributed by atoms with E-state index in [9.17, 15) is 13.2 Å². The normalized spacial score (nSPS) is 20.5. The van der Waals surface area contributed by atoms with E-state index in [1.807, 2.05) is 0 Å². The summed E-state index contributed by atoms with van der Waals surface area (Å²) in [7, 11) is 0. The summed E-state index contributed by atoms with van der Waals surface area (Å²) in [6, 6.07) is 0.0670. The zero-order chi connectivity index (χ0) is 8.48. The first-order valence-electron chi connectivity index (χ1n) is 3.36. The van der Waals surface area contributed by atoms with Gasteiger partial charge in [0.25, 0.3) is 0 Å². The molecule has 0 spiro atoms. The van der Waals surface area contributed by atoms with Crippen molar-refractivity contribution in [1.29, 1.82) is 0 Å². The molecule has 5 heteroatoms. The first kappa shape index (κ1) is 8.36. The molecule has 0 aromatic rings. The van der Waals surface area contributed by atoms with Crippen LogP contribution in [0.15, 0.2) is 4.99 Å². The number of amidine groups is 1. The van der Waals surface area contributed by atoms with E-state index in [1.165, 1.54) is 0 Å². The van der Waals surface area contributed by atoms with Gasteiger partial charge in [0.15, 0.2) is 0 Å². The average molecular weight is 166 g/mol. The van der Waals surface area contributed by atoms with Crippen molar-refractivity contribution in [1.82, 2.24) is 0 Å². The number of alkyl halides is 3. The van der Waals surface area contributed by atoms with E-state index in [2.05, 4.69) is 4.99 Å². The molecule has 0 atom stereocenters. The lowest BCUT2D eigenvalue weighted by Gasteiger charge is -2.04. The van der Waals surface area contributed by atoms with Crippen LogP contribution in [-0.2, 0) is 0 Å². The van der Waals surface area contributed by atoms with Crippen LogP contribution in [-0.4, -0.2) is 18.1 Å². The van der Waals surface area contributed by atoms with Gasteiger partial charge in [-0.25, -0.2) is 0 Å². The highest BCUT2D eigenvalue weighted by Gasteiger charge is 2.30. The van der Waals surface area contributed by atoms with E-state index in [-0.39, 0.29) is 11.9 Å². The fourth-order valence-corrected chi connectivity index (χ4v) is 0.689. The molecule has 2 nitrogen and oxygen atoms in total. The topological polar surface area (TPSA) is 38.4 Å². The van der Waals surface area contributed by atoms with E-state index in [4.69, 9.17) is 5.73 Å². The lowest BCUT2D eigenvalue weighted by Crippen LogP contribution is -2.22. The Balaban J connectivity index is 2.35. The summed E-state index contributed by atoms with van der Waals surface area (Å²) in [5, 5.41) is 0. The summed E-state index contributed by atoms with van der Waals surface area (Å²) in [4.78, 5) is 3.65. The molecule has 1 rings (SSSR count). The molecule has 0 aromatic heterocycles. The molecule has 11 heavy (non-hydrogen) atoms. The number of halogens is 3. The molecule has 0 unspecified atom stereocenters. The molecule has 1 aliphatic carbocycles. The summed E-state index contributed by atoms with van der Waals surface area (Å²) >= 11 is 0. The van der Waals surface area contributed by atoms with Crippen LogP contribution in [0, 0.1) is 0 Å². The Labute approximate surface area is 62.3 Å². The van der Waals surface area contributed by atoms with Crippen molar-refractivity contribution in [3.63, 3.8) is 0 Å². The maximum atomic E-state index is 11.6. The third kappa shape index (κ3) is 3.85. The molecule has 1 fully saturated rings. The lowest BCUT2D eigenvalue weighted by atomic mass is 10.4. The zero-order valence-electron chi connectivity index (χ0n) is 5.86. The first-order valence-corrected chi connectivity index (χ1v) is 3.36. The number of aliphatic imine (C=N–C) groups is 1. The Hall–Kier alpha value is -0.740.